The van der Waals surface area contributed by atoms with Crippen LogP contribution in [0.1, 0.15) is 15.9 Å². The van der Waals surface area contributed by atoms with Crippen LogP contribution in [0.15, 0.2) is 85.1 Å². The van der Waals surface area contributed by atoms with Crippen LogP contribution in [0.25, 0.3) is 16.9 Å². The van der Waals surface area contributed by atoms with Gasteiger partial charge in [0.05, 0.1) is 5.69 Å². The Labute approximate surface area is 196 Å². The molecule has 0 spiro atoms. The molecule has 1 aromatic heterocycles. The van der Waals surface area contributed by atoms with E-state index in [9.17, 15) is 9.59 Å². The second kappa shape index (κ2) is 8.92. The van der Waals surface area contributed by atoms with Crippen LogP contribution in [-0.2, 0) is 16.0 Å². The Hall–Kier alpha value is -3.90. The fraction of sp³-hybridized carbons (Fsp3) is 0.115. The number of nitrogens with zero attached hydrogens (tertiary/aromatic N) is 3. The highest BCUT2D eigenvalue weighted by Gasteiger charge is 2.26. The van der Waals surface area contributed by atoms with Crippen molar-refractivity contribution in [3.63, 3.8) is 0 Å². The van der Waals surface area contributed by atoms with Gasteiger partial charge in [0.25, 0.3) is 5.91 Å². The van der Waals surface area contributed by atoms with Gasteiger partial charge in [-0.05, 0) is 42.3 Å². The van der Waals surface area contributed by atoms with E-state index in [1.54, 1.807) is 40.0 Å². The first kappa shape index (κ1) is 21.0. The fourth-order valence-electron chi connectivity index (χ4n) is 3.94. The van der Waals surface area contributed by atoms with E-state index in [0.29, 0.717) is 17.3 Å². The number of esters is 1. The molecular weight excluding hydrogens is 438 g/mol. The van der Waals surface area contributed by atoms with Gasteiger partial charge in [-0.25, -0.2) is 9.48 Å². The van der Waals surface area contributed by atoms with E-state index in [0.717, 1.165) is 28.9 Å². The number of ether oxygens (including phenoxy) is 1. The molecule has 7 heteroatoms. The van der Waals surface area contributed by atoms with Gasteiger partial charge in [0.2, 0.25) is 0 Å². The molecule has 3 aromatic carbocycles. The molecule has 1 aliphatic heterocycles. The smallest absolute Gasteiger partial charge is 0.342 e. The van der Waals surface area contributed by atoms with Gasteiger partial charge in [0.15, 0.2) is 6.61 Å². The summed E-state index contributed by atoms with van der Waals surface area (Å²) in [7, 11) is 0. The van der Waals surface area contributed by atoms with Crippen LogP contribution in [0.5, 0.6) is 0 Å². The molecule has 0 saturated heterocycles. The van der Waals surface area contributed by atoms with Gasteiger partial charge in [0, 0.05) is 29.0 Å². The maximum absolute atomic E-state index is 13.0. The normalized spacial score (nSPS) is 12.5. The number of carbonyl (C=O) groups excluding carboxylic acids is 2. The first-order valence-corrected chi connectivity index (χ1v) is 10.9. The summed E-state index contributed by atoms with van der Waals surface area (Å²) in [5, 5.41) is 5.20. The maximum atomic E-state index is 13.0. The third-order valence-electron chi connectivity index (χ3n) is 5.59. The van der Waals surface area contributed by atoms with Crippen molar-refractivity contribution >= 4 is 29.2 Å². The lowest BCUT2D eigenvalue weighted by Crippen LogP contribution is -2.33. The number of halogens is 1. The highest BCUT2D eigenvalue weighted by Crippen LogP contribution is 2.28. The van der Waals surface area contributed by atoms with Crippen molar-refractivity contribution in [2.45, 2.75) is 6.42 Å². The first-order valence-electron chi connectivity index (χ1n) is 10.6. The Morgan fingerprint density at radius 3 is 2.45 bits per heavy atom. The number of para-hydroxylation sites is 2. The van der Waals surface area contributed by atoms with Crippen molar-refractivity contribution in [3.8, 4) is 16.9 Å². The summed E-state index contributed by atoms with van der Waals surface area (Å²) in [6.45, 7) is 0.238. The van der Waals surface area contributed by atoms with E-state index in [2.05, 4.69) is 5.10 Å². The molecule has 6 nitrogen and oxygen atoms in total. The molecule has 33 heavy (non-hydrogen) atoms. The highest BCUT2D eigenvalue weighted by molar-refractivity contribution is 6.30. The number of hydrogen-bond donors (Lipinski definition) is 0. The van der Waals surface area contributed by atoms with Crippen molar-refractivity contribution in [2.24, 2.45) is 0 Å². The standard InChI is InChI=1S/C26H20ClN3O3/c27-20-12-10-19(11-13-20)25-22(16-30(28-25)21-7-2-1-3-8-21)26(32)33-17-24(31)29-15-14-18-6-4-5-9-23(18)29/h1-13,16H,14-15,17H2. The Bertz CT molecular complexity index is 1320. The topological polar surface area (TPSA) is 64.4 Å². The predicted molar refractivity (Wildman–Crippen MR) is 127 cm³/mol. The van der Waals surface area contributed by atoms with E-state index < -0.39 is 5.97 Å². The molecule has 0 unspecified atom stereocenters. The number of rotatable bonds is 5. The number of hydrogen-bond acceptors (Lipinski definition) is 4. The van der Waals surface area contributed by atoms with Gasteiger partial charge >= 0.3 is 5.97 Å². The number of fused-ring (bicyclic) bond motifs is 1. The van der Waals surface area contributed by atoms with Gasteiger partial charge < -0.3 is 9.64 Å². The molecule has 164 valence electrons. The number of aromatic nitrogens is 2. The molecule has 0 saturated carbocycles. The largest absolute Gasteiger partial charge is 0.452 e. The highest BCUT2D eigenvalue weighted by atomic mass is 35.5. The van der Waals surface area contributed by atoms with E-state index in [1.807, 2.05) is 54.6 Å². The molecule has 2 heterocycles. The van der Waals surface area contributed by atoms with Crippen molar-refractivity contribution in [2.75, 3.05) is 18.1 Å². The minimum atomic E-state index is -0.608. The van der Waals surface area contributed by atoms with Gasteiger partial charge in [0.1, 0.15) is 11.3 Å². The van der Waals surface area contributed by atoms with Crippen molar-refractivity contribution in [1.82, 2.24) is 9.78 Å². The Balaban J connectivity index is 1.39. The van der Waals surface area contributed by atoms with E-state index in [-0.39, 0.29) is 18.1 Å². The maximum Gasteiger partial charge on any atom is 0.342 e. The molecule has 1 aliphatic rings. The van der Waals surface area contributed by atoms with Gasteiger partial charge in [-0.2, -0.15) is 5.10 Å². The third-order valence-corrected chi connectivity index (χ3v) is 5.84. The minimum Gasteiger partial charge on any atom is -0.452 e. The van der Waals surface area contributed by atoms with Crippen LogP contribution in [-0.4, -0.2) is 34.8 Å². The lowest BCUT2D eigenvalue weighted by atomic mass is 10.1. The predicted octanol–water partition coefficient (Wildman–Crippen LogP) is 4.94. The summed E-state index contributed by atoms with van der Waals surface area (Å²) in [4.78, 5) is 27.5. The quantitative estimate of drug-likeness (QED) is 0.398. The van der Waals surface area contributed by atoms with Gasteiger partial charge in [-0.3, -0.25) is 4.79 Å². The summed E-state index contributed by atoms with van der Waals surface area (Å²) < 4.78 is 7.07. The molecule has 1 amide bonds. The zero-order chi connectivity index (χ0) is 22.8. The number of anilines is 1. The molecular formula is C26H20ClN3O3. The summed E-state index contributed by atoms with van der Waals surface area (Å²) in [6, 6.07) is 24.3. The number of carbonyl (C=O) groups is 2. The molecule has 0 radical (unpaired) electrons. The Kier molecular flexibility index (Phi) is 5.67. The summed E-state index contributed by atoms with van der Waals surface area (Å²) in [5.41, 5.74) is 4.25. The number of amides is 1. The summed E-state index contributed by atoms with van der Waals surface area (Å²) in [5.74, 6) is -0.861. The second-order valence-electron chi connectivity index (χ2n) is 7.68. The lowest BCUT2D eigenvalue weighted by molar-refractivity contribution is -0.121. The number of benzene rings is 3. The van der Waals surface area contributed by atoms with Crippen LogP contribution in [0, 0.1) is 0 Å². The lowest BCUT2D eigenvalue weighted by Gasteiger charge is -2.17. The van der Waals surface area contributed by atoms with Crippen LogP contribution in [0.2, 0.25) is 5.02 Å². The molecule has 4 aromatic rings. The summed E-state index contributed by atoms with van der Waals surface area (Å²) in [6.07, 6.45) is 2.41. The zero-order valence-corrected chi connectivity index (χ0v) is 18.4. The van der Waals surface area contributed by atoms with E-state index in [4.69, 9.17) is 16.3 Å². The molecule has 5 rings (SSSR count). The van der Waals surface area contributed by atoms with E-state index in [1.165, 1.54) is 0 Å². The average Bonchev–Trinajstić information content (AvgIpc) is 3.49. The Morgan fingerprint density at radius 2 is 1.67 bits per heavy atom. The minimum absolute atomic E-state index is 0.253. The molecule has 0 N–H and O–H groups in total. The summed E-state index contributed by atoms with van der Waals surface area (Å²) >= 11 is 6.03. The van der Waals surface area contributed by atoms with Crippen LogP contribution >= 0.6 is 11.6 Å². The fourth-order valence-corrected chi connectivity index (χ4v) is 4.06. The van der Waals surface area contributed by atoms with Crippen molar-refractivity contribution in [1.29, 1.82) is 0 Å². The molecule has 0 bridgehead atoms. The van der Waals surface area contributed by atoms with Crippen LogP contribution in [0.3, 0.4) is 0 Å². The second-order valence-corrected chi connectivity index (χ2v) is 8.12. The molecule has 0 aliphatic carbocycles. The molecule has 0 atom stereocenters. The molecule has 0 fully saturated rings. The van der Waals surface area contributed by atoms with Gasteiger partial charge in [-0.15, -0.1) is 0 Å². The van der Waals surface area contributed by atoms with E-state index >= 15 is 0 Å². The Morgan fingerprint density at radius 1 is 0.939 bits per heavy atom. The van der Waals surface area contributed by atoms with Gasteiger partial charge in [-0.1, -0.05) is 60.1 Å². The van der Waals surface area contributed by atoms with Crippen LogP contribution < -0.4 is 4.90 Å². The first-order chi connectivity index (χ1) is 16.1. The monoisotopic (exact) mass is 457 g/mol. The average molecular weight is 458 g/mol. The van der Waals surface area contributed by atoms with Crippen LogP contribution in [0.4, 0.5) is 5.69 Å². The van der Waals surface area contributed by atoms with Crippen molar-refractivity contribution < 1.29 is 14.3 Å². The SMILES string of the molecule is O=C(OCC(=O)N1CCc2ccccc21)c1cn(-c2ccccc2)nc1-c1ccc(Cl)cc1. The third kappa shape index (κ3) is 4.25. The van der Waals surface area contributed by atoms with Crippen molar-refractivity contribution in [3.05, 3.63) is 101 Å². The zero-order valence-electron chi connectivity index (χ0n) is 17.6.